The van der Waals surface area contributed by atoms with Crippen LogP contribution in [0.4, 0.5) is 13.2 Å². The largest absolute Gasteiger partial charge is 0.741 e. The second-order valence-corrected chi connectivity index (χ2v) is 14.4. The number of ether oxygens (including phenoxy) is 6. The van der Waals surface area contributed by atoms with Gasteiger partial charge in [0, 0.05) is 24.3 Å². The van der Waals surface area contributed by atoms with Crippen LogP contribution in [0.3, 0.4) is 0 Å². The Bertz CT molecular complexity index is 1420. The molecule has 0 unspecified atom stereocenters. The summed E-state index contributed by atoms with van der Waals surface area (Å²) in [5.41, 5.74) is -5.65. The molecule has 0 N–H and O–H groups in total. The first-order chi connectivity index (χ1) is 24.4. The fourth-order valence-corrected chi connectivity index (χ4v) is 6.67. The summed E-state index contributed by atoms with van der Waals surface area (Å²) < 4.78 is 97.2. The number of benzene rings is 3. The van der Waals surface area contributed by atoms with E-state index in [1.807, 2.05) is 30.3 Å². The van der Waals surface area contributed by atoms with E-state index >= 15 is 0 Å². The van der Waals surface area contributed by atoms with Crippen LogP contribution >= 0.6 is 0 Å². The first-order valence-electron chi connectivity index (χ1n) is 17.3. The lowest BCUT2D eigenvalue weighted by molar-refractivity contribution is -0.0517. The van der Waals surface area contributed by atoms with Crippen LogP contribution in [-0.4, -0.2) is 58.1 Å². The molecule has 0 aliphatic carbocycles. The van der Waals surface area contributed by atoms with E-state index in [4.69, 9.17) is 41.4 Å². The molecule has 286 valence electrons. The SMILES string of the molecule is CCCOc1cc(OCCC)c([S+](c2ccccc2)c2c(OCCC)cc(OCCC)cc2OCCC)c(OCCC)c1.O=S(=O)([O-])C(F)(F)F. The van der Waals surface area contributed by atoms with Gasteiger partial charge in [0.2, 0.25) is 0 Å². The van der Waals surface area contributed by atoms with Crippen LogP contribution in [0.2, 0.25) is 0 Å². The number of alkyl halides is 3. The molecule has 0 fully saturated rings. The van der Waals surface area contributed by atoms with Crippen LogP contribution < -0.4 is 28.4 Å². The molecule has 0 aliphatic heterocycles. The topological polar surface area (TPSA) is 113 Å². The minimum Gasteiger partial charge on any atom is -0.741 e. The second-order valence-electron chi connectivity index (χ2n) is 11.1. The van der Waals surface area contributed by atoms with Crippen molar-refractivity contribution in [2.45, 2.75) is 100 Å². The zero-order chi connectivity index (χ0) is 37.9. The minimum atomic E-state index is -6.09. The maximum atomic E-state index is 10.7. The van der Waals surface area contributed by atoms with Crippen molar-refractivity contribution in [3.05, 3.63) is 54.6 Å². The zero-order valence-corrected chi connectivity index (χ0v) is 31.9. The quantitative estimate of drug-likeness (QED) is 0.0595. The van der Waals surface area contributed by atoms with Gasteiger partial charge in [0.15, 0.2) is 38.0 Å². The van der Waals surface area contributed by atoms with Gasteiger partial charge in [-0.2, -0.15) is 13.2 Å². The van der Waals surface area contributed by atoms with Crippen molar-refractivity contribution >= 4 is 21.0 Å². The zero-order valence-electron chi connectivity index (χ0n) is 30.3. The van der Waals surface area contributed by atoms with Crippen LogP contribution in [0, 0.1) is 0 Å². The predicted octanol–water partition coefficient (Wildman–Crippen LogP) is 9.57. The highest BCUT2D eigenvalue weighted by Crippen LogP contribution is 2.51. The van der Waals surface area contributed by atoms with Crippen LogP contribution in [0.25, 0.3) is 0 Å². The van der Waals surface area contributed by atoms with Gasteiger partial charge in [-0.3, -0.25) is 0 Å². The van der Waals surface area contributed by atoms with Crippen molar-refractivity contribution in [3.63, 3.8) is 0 Å². The molecule has 0 atom stereocenters. The van der Waals surface area contributed by atoms with Crippen molar-refractivity contribution < 1.29 is 54.6 Å². The summed E-state index contributed by atoms with van der Waals surface area (Å²) in [4.78, 5) is 3.03. The van der Waals surface area contributed by atoms with E-state index in [1.165, 1.54) is 0 Å². The summed E-state index contributed by atoms with van der Waals surface area (Å²) in [6, 6.07) is 18.6. The van der Waals surface area contributed by atoms with Gasteiger partial charge in [-0.05, 0) is 50.7 Å². The molecule has 0 heterocycles. The van der Waals surface area contributed by atoms with Crippen molar-refractivity contribution in [3.8, 4) is 34.5 Å². The van der Waals surface area contributed by atoms with Gasteiger partial charge in [-0.1, -0.05) is 59.7 Å². The lowest BCUT2D eigenvalue weighted by Gasteiger charge is -2.21. The van der Waals surface area contributed by atoms with Gasteiger partial charge < -0.3 is 33.0 Å². The third kappa shape index (κ3) is 13.9. The number of halogens is 3. The third-order valence-corrected chi connectivity index (χ3v) is 9.38. The Morgan fingerprint density at radius 1 is 0.549 bits per heavy atom. The van der Waals surface area contributed by atoms with Crippen molar-refractivity contribution in [1.82, 2.24) is 0 Å². The van der Waals surface area contributed by atoms with Crippen LogP contribution in [0.15, 0.2) is 69.3 Å². The van der Waals surface area contributed by atoms with Gasteiger partial charge >= 0.3 is 5.51 Å². The maximum absolute atomic E-state index is 10.7. The first kappa shape index (κ1) is 43.7. The lowest BCUT2D eigenvalue weighted by Crippen LogP contribution is -2.21. The minimum absolute atomic E-state index is 0.575. The highest BCUT2D eigenvalue weighted by molar-refractivity contribution is 7.97. The van der Waals surface area contributed by atoms with E-state index in [0.29, 0.717) is 39.6 Å². The van der Waals surface area contributed by atoms with Gasteiger partial charge in [-0.25, -0.2) is 8.42 Å². The average molecular weight is 761 g/mol. The first-order valence-corrected chi connectivity index (χ1v) is 19.9. The van der Waals surface area contributed by atoms with Gasteiger partial charge in [0.25, 0.3) is 9.79 Å². The van der Waals surface area contributed by atoms with Crippen LogP contribution in [-0.2, 0) is 21.0 Å². The summed E-state index contributed by atoms with van der Waals surface area (Å²) in [7, 11) is -6.80. The molecule has 0 amide bonds. The van der Waals surface area contributed by atoms with E-state index in [0.717, 1.165) is 87.7 Å². The Morgan fingerprint density at radius 3 is 1.08 bits per heavy atom. The Labute approximate surface area is 303 Å². The highest BCUT2D eigenvalue weighted by atomic mass is 32.2. The summed E-state index contributed by atoms with van der Waals surface area (Å²) in [5.74, 6) is 4.50. The molecule has 3 aromatic carbocycles. The van der Waals surface area contributed by atoms with E-state index in [-0.39, 0.29) is 0 Å². The molecular weight excluding hydrogens is 710 g/mol. The average Bonchev–Trinajstić information content (AvgIpc) is 3.10. The van der Waals surface area contributed by atoms with Crippen molar-refractivity contribution in [2.24, 2.45) is 0 Å². The van der Waals surface area contributed by atoms with Crippen LogP contribution in [0.5, 0.6) is 34.5 Å². The molecule has 0 saturated carbocycles. The fourth-order valence-electron chi connectivity index (χ4n) is 4.29. The lowest BCUT2D eigenvalue weighted by atomic mass is 10.3. The summed E-state index contributed by atoms with van der Waals surface area (Å²) in [6.45, 7) is 16.2. The van der Waals surface area contributed by atoms with Crippen molar-refractivity contribution in [1.29, 1.82) is 0 Å². The van der Waals surface area contributed by atoms with Gasteiger partial charge in [0.05, 0.1) is 39.6 Å². The van der Waals surface area contributed by atoms with E-state index in [2.05, 4.69) is 65.8 Å². The standard InChI is InChI=1S/C36H51O6S.CHF3O3S/c1-7-18-37-28-24-31(39-20-9-3)35(32(25-28)40-21-10-4)43(30-16-14-13-15-17-30)36-33(41-22-11-5)26-29(38-19-8-2)27-34(36)42-23-12-6;2-1(3,4)8(5,6)7/h13-17,24-27H,7-12,18-23H2,1-6H3;(H,5,6,7)/q+1;/p-1. The molecule has 9 nitrogen and oxygen atoms in total. The van der Waals surface area contributed by atoms with E-state index in [9.17, 15) is 13.2 Å². The summed E-state index contributed by atoms with van der Waals surface area (Å²) in [5, 5.41) is 0. The molecule has 51 heavy (non-hydrogen) atoms. The predicted molar refractivity (Wildman–Crippen MR) is 192 cm³/mol. The molecule has 0 aliphatic rings. The Balaban J connectivity index is 0.00000100. The normalized spacial score (nSPS) is 11.4. The highest BCUT2D eigenvalue weighted by Gasteiger charge is 2.43. The molecule has 14 heteroatoms. The van der Waals surface area contributed by atoms with Gasteiger partial charge in [0.1, 0.15) is 22.4 Å². The number of hydrogen-bond donors (Lipinski definition) is 0. The fraction of sp³-hybridized carbons (Fsp3) is 0.514. The second kappa shape index (κ2) is 22.4. The van der Waals surface area contributed by atoms with E-state index in [1.54, 1.807) is 0 Å². The molecule has 0 bridgehead atoms. The molecule has 3 aromatic rings. The van der Waals surface area contributed by atoms with E-state index < -0.39 is 26.5 Å². The molecule has 0 radical (unpaired) electrons. The molecular formula is C37H51F3O9S2. The Hall–Kier alpha value is -3.49. The number of rotatable bonds is 21. The molecule has 0 spiro atoms. The Morgan fingerprint density at radius 2 is 0.824 bits per heavy atom. The Kier molecular flexibility index (Phi) is 19.2. The smallest absolute Gasteiger partial charge is 0.485 e. The van der Waals surface area contributed by atoms with Crippen LogP contribution in [0.1, 0.15) is 80.1 Å². The molecule has 3 rings (SSSR count). The van der Waals surface area contributed by atoms with Crippen molar-refractivity contribution in [2.75, 3.05) is 39.6 Å². The number of hydrogen-bond acceptors (Lipinski definition) is 9. The van der Waals surface area contributed by atoms with Gasteiger partial charge in [-0.15, -0.1) is 0 Å². The molecule has 0 aromatic heterocycles. The monoisotopic (exact) mass is 760 g/mol. The third-order valence-electron chi connectivity index (χ3n) is 6.45. The summed E-state index contributed by atoms with van der Waals surface area (Å²) >= 11 is 0. The summed E-state index contributed by atoms with van der Waals surface area (Å²) in [6.07, 6.45) is 5.34. The maximum Gasteiger partial charge on any atom is 0.485 e. The molecule has 0 saturated heterocycles.